The zero-order valence-corrected chi connectivity index (χ0v) is 6.90. The topological polar surface area (TPSA) is 57.5 Å². The monoisotopic (exact) mass is 168 g/mol. The van der Waals surface area contributed by atoms with Crippen molar-refractivity contribution in [2.24, 2.45) is 17.8 Å². The van der Waals surface area contributed by atoms with Gasteiger partial charge >= 0.3 is 5.97 Å². The molecule has 2 aliphatic rings. The van der Waals surface area contributed by atoms with Gasteiger partial charge in [-0.25, -0.2) is 4.79 Å². The van der Waals surface area contributed by atoms with Gasteiger partial charge in [-0.3, -0.25) is 0 Å². The Morgan fingerprint density at radius 3 is 2.58 bits per heavy atom. The van der Waals surface area contributed by atoms with Gasteiger partial charge in [0.2, 0.25) is 0 Å². The standard InChI is InChI=1S/C9H12O3/c1-5-6-2-3-7(4-6)9(5,12)8(10)11/h2-3,5-7,12H,4H2,1H3,(H,10,11)/t5-,6+,7-,9-/m1/s1. The fourth-order valence-electron chi connectivity index (χ4n) is 2.44. The predicted molar refractivity (Wildman–Crippen MR) is 42.5 cm³/mol. The van der Waals surface area contributed by atoms with Crippen molar-refractivity contribution in [2.45, 2.75) is 18.9 Å². The fourth-order valence-corrected chi connectivity index (χ4v) is 2.44. The SMILES string of the molecule is C[C@@H]1[C@H]2C=C[C@H](C2)[C@@]1(O)C(=O)O. The van der Waals surface area contributed by atoms with E-state index in [9.17, 15) is 9.90 Å². The molecule has 0 aromatic heterocycles. The summed E-state index contributed by atoms with van der Waals surface area (Å²) in [5, 5.41) is 18.8. The number of hydrogen-bond acceptors (Lipinski definition) is 2. The molecule has 12 heavy (non-hydrogen) atoms. The average Bonchev–Trinajstić information content (AvgIpc) is 2.55. The van der Waals surface area contributed by atoms with Crippen LogP contribution in [0.2, 0.25) is 0 Å². The zero-order valence-electron chi connectivity index (χ0n) is 6.90. The molecule has 0 heterocycles. The third-order valence-corrected chi connectivity index (χ3v) is 3.36. The van der Waals surface area contributed by atoms with Crippen LogP contribution in [0.4, 0.5) is 0 Å². The molecule has 2 N–H and O–H groups in total. The average molecular weight is 168 g/mol. The normalized spacial score (nSPS) is 50.0. The highest BCUT2D eigenvalue weighted by molar-refractivity contribution is 5.79. The van der Waals surface area contributed by atoms with Crippen molar-refractivity contribution in [2.75, 3.05) is 0 Å². The number of carbonyl (C=O) groups is 1. The second kappa shape index (κ2) is 2.10. The molecular weight excluding hydrogens is 156 g/mol. The van der Waals surface area contributed by atoms with Gasteiger partial charge in [-0.1, -0.05) is 19.1 Å². The van der Waals surface area contributed by atoms with Gasteiger partial charge < -0.3 is 10.2 Å². The Hall–Kier alpha value is -0.830. The predicted octanol–water partition coefficient (Wildman–Crippen LogP) is 0.644. The van der Waals surface area contributed by atoms with E-state index in [1.54, 1.807) is 0 Å². The summed E-state index contributed by atoms with van der Waals surface area (Å²) in [6.45, 7) is 1.81. The minimum atomic E-state index is -1.50. The first-order valence-corrected chi connectivity index (χ1v) is 4.21. The molecular formula is C9H12O3. The van der Waals surface area contributed by atoms with E-state index in [0.717, 1.165) is 6.42 Å². The summed E-state index contributed by atoms with van der Waals surface area (Å²) in [7, 11) is 0. The lowest BCUT2D eigenvalue weighted by Gasteiger charge is -2.30. The molecule has 0 aromatic carbocycles. The van der Waals surface area contributed by atoms with Gasteiger partial charge in [-0.05, 0) is 12.3 Å². The Morgan fingerprint density at radius 1 is 1.58 bits per heavy atom. The first-order chi connectivity index (χ1) is 5.56. The number of aliphatic carboxylic acids is 1. The zero-order chi connectivity index (χ0) is 8.93. The van der Waals surface area contributed by atoms with Crippen molar-refractivity contribution in [3.8, 4) is 0 Å². The molecule has 1 fully saturated rings. The van der Waals surface area contributed by atoms with Crippen molar-refractivity contribution < 1.29 is 15.0 Å². The van der Waals surface area contributed by atoms with Gasteiger partial charge in [-0.2, -0.15) is 0 Å². The Labute approximate surface area is 70.7 Å². The van der Waals surface area contributed by atoms with Crippen LogP contribution in [0.3, 0.4) is 0 Å². The van der Waals surface area contributed by atoms with E-state index in [0.29, 0.717) is 0 Å². The maximum atomic E-state index is 10.8. The summed E-state index contributed by atoms with van der Waals surface area (Å²) >= 11 is 0. The van der Waals surface area contributed by atoms with Crippen LogP contribution >= 0.6 is 0 Å². The maximum absolute atomic E-state index is 10.8. The summed E-state index contributed by atoms with van der Waals surface area (Å²) < 4.78 is 0. The van der Waals surface area contributed by atoms with Crippen LogP contribution in [0.5, 0.6) is 0 Å². The van der Waals surface area contributed by atoms with Crippen LogP contribution < -0.4 is 0 Å². The van der Waals surface area contributed by atoms with Gasteiger partial charge in [-0.15, -0.1) is 0 Å². The van der Waals surface area contributed by atoms with Gasteiger partial charge in [0, 0.05) is 11.8 Å². The van der Waals surface area contributed by atoms with Crippen LogP contribution in [0.25, 0.3) is 0 Å². The van der Waals surface area contributed by atoms with E-state index >= 15 is 0 Å². The summed E-state index contributed by atoms with van der Waals surface area (Å²) in [4.78, 5) is 10.8. The Morgan fingerprint density at radius 2 is 2.25 bits per heavy atom. The van der Waals surface area contributed by atoms with E-state index in [1.807, 2.05) is 19.1 Å². The van der Waals surface area contributed by atoms with Crippen molar-refractivity contribution >= 4 is 5.97 Å². The molecule has 3 heteroatoms. The number of carboxylic acid groups (broad SMARTS) is 1. The summed E-state index contributed by atoms with van der Waals surface area (Å²) in [5.74, 6) is -1.14. The van der Waals surface area contributed by atoms with Crippen molar-refractivity contribution in [3.05, 3.63) is 12.2 Å². The van der Waals surface area contributed by atoms with E-state index in [4.69, 9.17) is 5.11 Å². The molecule has 0 aromatic rings. The molecule has 0 radical (unpaired) electrons. The number of allylic oxidation sites excluding steroid dienone is 1. The minimum absolute atomic E-state index is 0.148. The minimum Gasteiger partial charge on any atom is -0.479 e. The molecule has 0 saturated heterocycles. The molecule has 0 unspecified atom stereocenters. The smallest absolute Gasteiger partial charge is 0.336 e. The second-order valence-electron chi connectivity index (χ2n) is 3.81. The molecule has 1 saturated carbocycles. The van der Waals surface area contributed by atoms with Crippen LogP contribution in [-0.2, 0) is 4.79 Å². The third kappa shape index (κ3) is 0.672. The second-order valence-corrected chi connectivity index (χ2v) is 3.81. The summed E-state index contributed by atoms with van der Waals surface area (Å²) in [6, 6.07) is 0. The number of fused-ring (bicyclic) bond motifs is 2. The molecule has 3 nitrogen and oxygen atoms in total. The van der Waals surface area contributed by atoms with Crippen molar-refractivity contribution in [1.29, 1.82) is 0 Å². The van der Waals surface area contributed by atoms with Crippen LogP contribution in [0.1, 0.15) is 13.3 Å². The lowest BCUT2D eigenvalue weighted by molar-refractivity contribution is -0.166. The molecule has 0 aliphatic heterocycles. The van der Waals surface area contributed by atoms with Crippen LogP contribution in [0, 0.1) is 17.8 Å². The highest BCUT2D eigenvalue weighted by atomic mass is 16.4. The van der Waals surface area contributed by atoms with Crippen LogP contribution in [0.15, 0.2) is 12.2 Å². The first kappa shape index (κ1) is 7.80. The number of hydrogen-bond donors (Lipinski definition) is 2. The number of aliphatic hydroxyl groups is 1. The third-order valence-electron chi connectivity index (χ3n) is 3.36. The van der Waals surface area contributed by atoms with Gasteiger partial charge in [0.05, 0.1) is 0 Å². The van der Waals surface area contributed by atoms with Crippen molar-refractivity contribution in [3.63, 3.8) is 0 Å². The molecule has 4 atom stereocenters. The highest BCUT2D eigenvalue weighted by Gasteiger charge is 2.57. The van der Waals surface area contributed by atoms with E-state index < -0.39 is 11.6 Å². The first-order valence-electron chi connectivity index (χ1n) is 4.21. The van der Waals surface area contributed by atoms with Crippen LogP contribution in [-0.4, -0.2) is 21.8 Å². The van der Waals surface area contributed by atoms with Gasteiger partial charge in [0.15, 0.2) is 5.60 Å². The van der Waals surface area contributed by atoms with E-state index in [2.05, 4.69) is 0 Å². The summed E-state index contributed by atoms with van der Waals surface area (Å²) in [5.41, 5.74) is -1.50. The Kier molecular flexibility index (Phi) is 1.37. The lowest BCUT2D eigenvalue weighted by Crippen LogP contribution is -2.47. The molecule has 0 spiro atoms. The highest BCUT2D eigenvalue weighted by Crippen LogP contribution is 2.50. The van der Waals surface area contributed by atoms with E-state index in [-0.39, 0.29) is 17.8 Å². The molecule has 0 amide bonds. The van der Waals surface area contributed by atoms with Gasteiger partial charge in [0.1, 0.15) is 0 Å². The van der Waals surface area contributed by atoms with Crippen molar-refractivity contribution in [1.82, 2.24) is 0 Å². The van der Waals surface area contributed by atoms with E-state index in [1.165, 1.54) is 0 Å². The molecule has 2 aliphatic carbocycles. The Bertz CT molecular complexity index is 258. The number of rotatable bonds is 1. The quantitative estimate of drug-likeness (QED) is 0.565. The van der Waals surface area contributed by atoms with Gasteiger partial charge in [0.25, 0.3) is 0 Å². The molecule has 2 bridgehead atoms. The molecule has 2 rings (SSSR count). The number of carboxylic acids is 1. The Balaban J connectivity index is 2.39. The molecule has 66 valence electrons. The fraction of sp³-hybridized carbons (Fsp3) is 0.667. The lowest BCUT2D eigenvalue weighted by atomic mass is 9.80. The largest absolute Gasteiger partial charge is 0.479 e. The summed E-state index contributed by atoms with van der Waals surface area (Å²) in [6.07, 6.45) is 4.65. The maximum Gasteiger partial charge on any atom is 0.336 e.